The van der Waals surface area contributed by atoms with Gasteiger partial charge in [0.1, 0.15) is 10.6 Å². The van der Waals surface area contributed by atoms with Gasteiger partial charge in [0.25, 0.3) is 10.0 Å². The van der Waals surface area contributed by atoms with Crippen molar-refractivity contribution in [3.8, 4) is 11.4 Å². The number of sulfonamides is 1. The third-order valence-corrected chi connectivity index (χ3v) is 6.05. The standard InChI is InChI=1S/C20H23N3O3S/c1-20(2,3)19-18(14-23(21-19)16-8-6-5-7-9-16)27(25,26)22(4)15-10-12-17(24)13-11-15/h5-14,24H,1-4H3. The van der Waals surface area contributed by atoms with E-state index in [1.165, 1.54) is 23.5 Å². The van der Waals surface area contributed by atoms with E-state index < -0.39 is 15.4 Å². The molecule has 0 saturated carbocycles. The van der Waals surface area contributed by atoms with Crippen LogP contribution in [0.5, 0.6) is 5.75 Å². The molecule has 7 heteroatoms. The summed E-state index contributed by atoms with van der Waals surface area (Å²) in [7, 11) is -2.34. The van der Waals surface area contributed by atoms with Gasteiger partial charge in [-0.3, -0.25) is 4.31 Å². The molecule has 0 bridgehead atoms. The lowest BCUT2D eigenvalue weighted by Gasteiger charge is -2.22. The number of aromatic hydroxyl groups is 1. The molecule has 6 nitrogen and oxygen atoms in total. The predicted molar refractivity (Wildman–Crippen MR) is 106 cm³/mol. The maximum atomic E-state index is 13.3. The van der Waals surface area contributed by atoms with Gasteiger partial charge in [-0.15, -0.1) is 0 Å². The molecule has 0 amide bonds. The molecule has 27 heavy (non-hydrogen) atoms. The van der Waals surface area contributed by atoms with Crippen LogP contribution in [0.1, 0.15) is 26.5 Å². The molecular weight excluding hydrogens is 362 g/mol. The van der Waals surface area contributed by atoms with Gasteiger partial charge in [-0.05, 0) is 36.4 Å². The van der Waals surface area contributed by atoms with Crippen molar-refractivity contribution in [2.45, 2.75) is 31.1 Å². The second-order valence-corrected chi connectivity index (χ2v) is 9.30. The SMILES string of the molecule is CN(c1ccc(O)cc1)S(=O)(=O)c1cn(-c2ccccc2)nc1C(C)(C)C. The normalized spacial score (nSPS) is 12.1. The molecule has 0 saturated heterocycles. The summed E-state index contributed by atoms with van der Waals surface area (Å²) in [6.07, 6.45) is 1.56. The van der Waals surface area contributed by atoms with E-state index in [4.69, 9.17) is 0 Å². The highest BCUT2D eigenvalue weighted by atomic mass is 32.2. The van der Waals surface area contributed by atoms with E-state index in [1.807, 2.05) is 51.1 Å². The van der Waals surface area contributed by atoms with Crippen LogP contribution < -0.4 is 4.31 Å². The van der Waals surface area contributed by atoms with Crippen LogP contribution in [0.25, 0.3) is 5.69 Å². The van der Waals surface area contributed by atoms with E-state index >= 15 is 0 Å². The smallest absolute Gasteiger partial charge is 0.267 e. The monoisotopic (exact) mass is 385 g/mol. The molecule has 0 aliphatic carbocycles. The molecule has 142 valence electrons. The molecule has 0 unspecified atom stereocenters. The minimum Gasteiger partial charge on any atom is -0.508 e. The Hall–Kier alpha value is -2.80. The number of hydrogen-bond acceptors (Lipinski definition) is 4. The van der Waals surface area contributed by atoms with Crippen LogP contribution in [0.15, 0.2) is 65.7 Å². The summed E-state index contributed by atoms with van der Waals surface area (Å²) >= 11 is 0. The van der Waals surface area contributed by atoms with Gasteiger partial charge in [0, 0.05) is 12.5 Å². The van der Waals surface area contributed by atoms with Crippen molar-refractivity contribution in [1.29, 1.82) is 0 Å². The fourth-order valence-electron chi connectivity index (χ4n) is 2.73. The van der Waals surface area contributed by atoms with Gasteiger partial charge in [-0.1, -0.05) is 39.0 Å². The minimum atomic E-state index is -3.84. The van der Waals surface area contributed by atoms with Crippen molar-refractivity contribution in [3.05, 3.63) is 66.5 Å². The quantitative estimate of drug-likeness (QED) is 0.743. The largest absolute Gasteiger partial charge is 0.508 e. The number of phenols is 1. The first-order valence-corrected chi connectivity index (χ1v) is 9.98. The molecule has 0 spiro atoms. The fourth-order valence-corrected chi connectivity index (χ4v) is 4.25. The Bertz CT molecular complexity index is 1030. The zero-order valence-electron chi connectivity index (χ0n) is 15.8. The number of anilines is 1. The molecule has 3 aromatic rings. The van der Waals surface area contributed by atoms with E-state index in [-0.39, 0.29) is 10.6 Å². The van der Waals surface area contributed by atoms with Crippen molar-refractivity contribution in [2.75, 3.05) is 11.4 Å². The Labute approximate surface area is 159 Å². The van der Waals surface area contributed by atoms with Crippen molar-refractivity contribution in [3.63, 3.8) is 0 Å². The lowest BCUT2D eigenvalue weighted by atomic mass is 9.92. The van der Waals surface area contributed by atoms with Crippen molar-refractivity contribution in [2.24, 2.45) is 0 Å². The van der Waals surface area contributed by atoms with E-state index in [2.05, 4.69) is 5.10 Å². The molecule has 0 aliphatic heterocycles. The fraction of sp³-hybridized carbons (Fsp3) is 0.250. The Morgan fingerprint density at radius 2 is 1.59 bits per heavy atom. The molecule has 0 aliphatic rings. The third kappa shape index (κ3) is 3.68. The summed E-state index contributed by atoms with van der Waals surface area (Å²) in [5.41, 5.74) is 1.28. The summed E-state index contributed by atoms with van der Waals surface area (Å²) in [4.78, 5) is 0.162. The van der Waals surface area contributed by atoms with Crippen molar-refractivity contribution in [1.82, 2.24) is 9.78 Å². The first kappa shape index (κ1) is 19.0. The summed E-state index contributed by atoms with van der Waals surface area (Å²) in [6.45, 7) is 5.80. The van der Waals surface area contributed by atoms with Crippen LogP contribution in [0.2, 0.25) is 0 Å². The first-order chi connectivity index (χ1) is 12.6. The molecule has 1 aromatic heterocycles. The highest BCUT2D eigenvalue weighted by molar-refractivity contribution is 7.92. The zero-order chi connectivity index (χ0) is 19.8. The van der Waals surface area contributed by atoms with Gasteiger partial charge in [-0.25, -0.2) is 13.1 Å². The van der Waals surface area contributed by atoms with E-state index in [1.54, 1.807) is 23.0 Å². The van der Waals surface area contributed by atoms with Crippen molar-refractivity contribution >= 4 is 15.7 Å². The Balaban J connectivity index is 2.13. The molecule has 0 fully saturated rings. The van der Waals surface area contributed by atoms with Gasteiger partial charge in [0.2, 0.25) is 0 Å². The van der Waals surface area contributed by atoms with E-state index in [9.17, 15) is 13.5 Å². The topological polar surface area (TPSA) is 75.4 Å². The summed E-state index contributed by atoms with van der Waals surface area (Å²) < 4.78 is 29.5. The Kier molecular flexibility index (Phi) is 4.73. The maximum Gasteiger partial charge on any atom is 0.267 e. The minimum absolute atomic E-state index is 0.0804. The average Bonchev–Trinajstić information content (AvgIpc) is 3.09. The Morgan fingerprint density at radius 1 is 1.00 bits per heavy atom. The van der Waals surface area contributed by atoms with Gasteiger partial charge in [0.15, 0.2) is 0 Å². The van der Waals surface area contributed by atoms with E-state index in [0.717, 1.165) is 5.69 Å². The van der Waals surface area contributed by atoms with Crippen LogP contribution in [-0.2, 0) is 15.4 Å². The third-order valence-electron chi connectivity index (χ3n) is 4.26. The number of benzene rings is 2. The summed E-state index contributed by atoms with van der Waals surface area (Å²) in [5, 5.41) is 14.0. The molecule has 3 rings (SSSR count). The summed E-state index contributed by atoms with van der Waals surface area (Å²) in [5.74, 6) is 0.0804. The van der Waals surface area contributed by atoms with Crippen LogP contribution in [0, 0.1) is 0 Å². The van der Waals surface area contributed by atoms with Crippen LogP contribution >= 0.6 is 0 Å². The molecule has 1 heterocycles. The molecule has 0 atom stereocenters. The number of para-hydroxylation sites is 1. The zero-order valence-corrected chi connectivity index (χ0v) is 16.6. The highest BCUT2D eigenvalue weighted by Crippen LogP contribution is 2.32. The average molecular weight is 385 g/mol. The molecule has 2 aromatic carbocycles. The lowest BCUT2D eigenvalue weighted by molar-refractivity contribution is 0.475. The van der Waals surface area contributed by atoms with Gasteiger partial charge in [0.05, 0.1) is 23.3 Å². The van der Waals surface area contributed by atoms with Gasteiger partial charge < -0.3 is 5.11 Å². The second kappa shape index (κ2) is 6.74. The Morgan fingerprint density at radius 3 is 2.15 bits per heavy atom. The number of nitrogens with zero attached hydrogens (tertiary/aromatic N) is 3. The lowest BCUT2D eigenvalue weighted by Crippen LogP contribution is -2.28. The first-order valence-electron chi connectivity index (χ1n) is 8.54. The maximum absolute atomic E-state index is 13.3. The number of phenolic OH excluding ortho intramolecular Hbond substituents is 1. The molecule has 0 radical (unpaired) electrons. The van der Waals surface area contributed by atoms with Crippen LogP contribution in [0.3, 0.4) is 0 Å². The van der Waals surface area contributed by atoms with Gasteiger partial charge in [-0.2, -0.15) is 5.10 Å². The summed E-state index contributed by atoms with van der Waals surface area (Å²) in [6, 6.07) is 15.4. The van der Waals surface area contributed by atoms with Crippen LogP contribution in [0.4, 0.5) is 5.69 Å². The van der Waals surface area contributed by atoms with Crippen LogP contribution in [-0.4, -0.2) is 30.4 Å². The number of rotatable bonds is 4. The van der Waals surface area contributed by atoms with Gasteiger partial charge >= 0.3 is 0 Å². The molecular formula is C20H23N3O3S. The number of aromatic nitrogens is 2. The van der Waals surface area contributed by atoms with E-state index in [0.29, 0.717) is 11.4 Å². The second-order valence-electron chi connectivity index (χ2n) is 7.36. The highest BCUT2D eigenvalue weighted by Gasteiger charge is 2.33. The number of hydrogen-bond donors (Lipinski definition) is 1. The predicted octanol–water partition coefficient (Wildman–Crippen LogP) is 3.70. The molecule has 1 N–H and O–H groups in total. The van der Waals surface area contributed by atoms with Crippen molar-refractivity contribution < 1.29 is 13.5 Å².